The molecule has 1 amide bonds. The number of ketones is 1. The van der Waals surface area contributed by atoms with Crippen molar-refractivity contribution in [3.8, 4) is 0 Å². The van der Waals surface area contributed by atoms with E-state index in [2.05, 4.69) is 9.97 Å². The number of carbonyl (C=O) groups is 2. The van der Waals surface area contributed by atoms with Crippen LogP contribution in [0.15, 0.2) is 36.7 Å². The summed E-state index contributed by atoms with van der Waals surface area (Å²) < 4.78 is 0. The molecule has 1 spiro atoms. The van der Waals surface area contributed by atoms with Gasteiger partial charge in [0.05, 0.1) is 17.3 Å². The van der Waals surface area contributed by atoms with Crippen molar-refractivity contribution < 1.29 is 9.59 Å². The number of rotatable bonds is 4. The van der Waals surface area contributed by atoms with E-state index in [9.17, 15) is 9.59 Å². The molecule has 3 heterocycles. The van der Waals surface area contributed by atoms with Gasteiger partial charge < -0.3 is 4.90 Å². The molecule has 1 aliphatic heterocycles. The van der Waals surface area contributed by atoms with Crippen molar-refractivity contribution in [2.75, 3.05) is 11.4 Å². The van der Waals surface area contributed by atoms with E-state index in [0.29, 0.717) is 12.1 Å². The maximum atomic E-state index is 13.3. The van der Waals surface area contributed by atoms with Crippen molar-refractivity contribution in [1.29, 1.82) is 0 Å². The fourth-order valence-electron chi connectivity index (χ4n) is 4.90. The predicted octanol–water partition coefficient (Wildman–Crippen LogP) is 4.28. The van der Waals surface area contributed by atoms with E-state index >= 15 is 0 Å². The standard InChI is InChI=1S/C23H27N3O2/c1-16-11-19(15-24-14-16)26-10-9-23(22(26)28)8-4-6-18(13-23)12-21(27)20-7-3-5-17(2)25-20/h3,5,7,11,14-15,18H,4,6,8-10,12-13H2,1-2H3/t18-,23+/m1/s1. The van der Waals surface area contributed by atoms with Gasteiger partial charge in [0, 0.05) is 24.9 Å². The third kappa shape index (κ3) is 3.58. The largest absolute Gasteiger partial charge is 0.310 e. The lowest BCUT2D eigenvalue weighted by Crippen LogP contribution is -2.38. The molecule has 0 bridgehead atoms. The van der Waals surface area contributed by atoms with Crippen LogP contribution >= 0.6 is 0 Å². The van der Waals surface area contributed by atoms with Crippen LogP contribution in [0.3, 0.4) is 0 Å². The summed E-state index contributed by atoms with van der Waals surface area (Å²) in [5, 5.41) is 0. The highest BCUT2D eigenvalue weighted by Crippen LogP contribution is 2.48. The fraction of sp³-hybridized carbons (Fsp3) is 0.478. The first-order valence-electron chi connectivity index (χ1n) is 10.2. The van der Waals surface area contributed by atoms with E-state index in [1.165, 1.54) is 0 Å². The second-order valence-corrected chi connectivity index (χ2v) is 8.46. The molecule has 2 atom stereocenters. The van der Waals surface area contributed by atoms with Gasteiger partial charge in [-0.2, -0.15) is 0 Å². The Labute approximate surface area is 166 Å². The van der Waals surface area contributed by atoms with Crippen LogP contribution < -0.4 is 4.90 Å². The summed E-state index contributed by atoms with van der Waals surface area (Å²) in [7, 11) is 0. The Balaban J connectivity index is 1.47. The minimum absolute atomic E-state index is 0.0935. The van der Waals surface area contributed by atoms with Gasteiger partial charge in [0.1, 0.15) is 5.69 Å². The molecule has 0 aromatic carbocycles. The van der Waals surface area contributed by atoms with Gasteiger partial charge >= 0.3 is 0 Å². The molecule has 2 aromatic rings. The maximum absolute atomic E-state index is 13.3. The summed E-state index contributed by atoms with van der Waals surface area (Å²) in [5.41, 5.74) is 3.05. The highest BCUT2D eigenvalue weighted by atomic mass is 16.2. The number of amides is 1. The van der Waals surface area contributed by atoms with Gasteiger partial charge in [0.25, 0.3) is 0 Å². The smallest absolute Gasteiger partial charge is 0.233 e. The summed E-state index contributed by atoms with van der Waals surface area (Å²) >= 11 is 0. The normalized spacial score (nSPS) is 24.7. The highest BCUT2D eigenvalue weighted by molar-refractivity contribution is 6.00. The molecule has 1 saturated heterocycles. The van der Waals surface area contributed by atoms with E-state index < -0.39 is 0 Å². The van der Waals surface area contributed by atoms with E-state index in [0.717, 1.165) is 55.6 Å². The Bertz CT molecular complexity index is 910. The molecule has 0 unspecified atom stereocenters. The number of aromatic nitrogens is 2. The highest BCUT2D eigenvalue weighted by Gasteiger charge is 2.49. The Hall–Kier alpha value is -2.56. The first-order valence-corrected chi connectivity index (χ1v) is 10.2. The minimum atomic E-state index is -0.313. The van der Waals surface area contributed by atoms with Crippen LogP contribution in [0.1, 0.15) is 60.3 Å². The summed E-state index contributed by atoms with van der Waals surface area (Å²) in [6, 6.07) is 7.60. The number of aryl methyl sites for hydroxylation is 2. The van der Waals surface area contributed by atoms with E-state index in [-0.39, 0.29) is 23.0 Å². The average molecular weight is 377 g/mol. The van der Waals surface area contributed by atoms with E-state index in [4.69, 9.17) is 0 Å². The third-order valence-corrected chi connectivity index (χ3v) is 6.28. The number of pyridine rings is 2. The SMILES string of the molecule is Cc1cncc(N2CC[C@]3(CCC[C@H](CC(=O)c4cccc(C)n4)C3)C2=O)c1. The van der Waals surface area contributed by atoms with Gasteiger partial charge in [-0.15, -0.1) is 0 Å². The number of hydrogen-bond donors (Lipinski definition) is 0. The third-order valence-electron chi connectivity index (χ3n) is 6.28. The number of nitrogens with zero attached hydrogens (tertiary/aromatic N) is 3. The number of carbonyl (C=O) groups excluding carboxylic acids is 2. The van der Waals surface area contributed by atoms with Crippen LogP contribution in [0.2, 0.25) is 0 Å². The van der Waals surface area contributed by atoms with Gasteiger partial charge in [0.2, 0.25) is 5.91 Å². The summed E-state index contributed by atoms with van der Waals surface area (Å²) in [5.74, 6) is 0.560. The van der Waals surface area contributed by atoms with Gasteiger partial charge in [-0.1, -0.05) is 12.5 Å². The molecular formula is C23H27N3O2. The lowest BCUT2D eigenvalue weighted by Gasteiger charge is -2.36. The van der Waals surface area contributed by atoms with Crippen molar-refractivity contribution in [3.63, 3.8) is 0 Å². The molecule has 2 fully saturated rings. The first kappa shape index (κ1) is 18.8. The second-order valence-electron chi connectivity index (χ2n) is 8.46. The Morgan fingerprint density at radius 1 is 1.25 bits per heavy atom. The molecule has 0 radical (unpaired) electrons. The topological polar surface area (TPSA) is 63.2 Å². The van der Waals surface area contributed by atoms with Gasteiger partial charge in [-0.25, -0.2) is 0 Å². The number of anilines is 1. The molecule has 5 heteroatoms. The van der Waals surface area contributed by atoms with Crippen LogP contribution in [0.4, 0.5) is 5.69 Å². The maximum Gasteiger partial charge on any atom is 0.233 e. The molecule has 4 rings (SSSR count). The van der Waals surface area contributed by atoms with Crippen molar-refractivity contribution in [3.05, 3.63) is 53.6 Å². The van der Waals surface area contributed by atoms with Gasteiger partial charge in [0.15, 0.2) is 5.78 Å². The number of hydrogen-bond acceptors (Lipinski definition) is 4. The monoisotopic (exact) mass is 377 g/mol. The van der Waals surface area contributed by atoms with Crippen molar-refractivity contribution in [2.45, 2.75) is 52.4 Å². The Morgan fingerprint density at radius 3 is 2.89 bits per heavy atom. The van der Waals surface area contributed by atoms with Gasteiger partial charge in [-0.05, 0) is 69.2 Å². The zero-order valence-corrected chi connectivity index (χ0v) is 16.6. The second kappa shape index (κ2) is 7.46. The molecule has 1 saturated carbocycles. The van der Waals surface area contributed by atoms with Gasteiger partial charge in [-0.3, -0.25) is 19.6 Å². The van der Waals surface area contributed by atoms with Crippen LogP contribution in [-0.2, 0) is 4.79 Å². The lowest BCUT2D eigenvalue weighted by molar-refractivity contribution is -0.128. The average Bonchev–Trinajstić information content (AvgIpc) is 2.97. The van der Waals surface area contributed by atoms with Crippen LogP contribution in [0.25, 0.3) is 0 Å². The lowest BCUT2D eigenvalue weighted by atomic mass is 9.67. The molecule has 1 aliphatic carbocycles. The molecule has 146 valence electrons. The Morgan fingerprint density at radius 2 is 2.11 bits per heavy atom. The van der Waals surface area contributed by atoms with Crippen molar-refractivity contribution in [1.82, 2.24) is 9.97 Å². The Kier molecular flexibility index (Phi) is 5.00. The van der Waals surface area contributed by atoms with E-state index in [1.54, 1.807) is 18.5 Å². The summed E-state index contributed by atoms with van der Waals surface area (Å²) in [6.45, 7) is 4.64. The molecule has 0 N–H and O–H groups in total. The minimum Gasteiger partial charge on any atom is -0.310 e. The summed E-state index contributed by atoms with van der Waals surface area (Å²) in [4.78, 5) is 36.6. The van der Waals surface area contributed by atoms with Crippen LogP contribution in [0, 0.1) is 25.2 Å². The molecule has 5 nitrogen and oxygen atoms in total. The van der Waals surface area contributed by atoms with E-state index in [1.807, 2.05) is 36.9 Å². The van der Waals surface area contributed by atoms with Crippen molar-refractivity contribution in [2.24, 2.45) is 11.3 Å². The zero-order chi connectivity index (χ0) is 19.7. The molecule has 28 heavy (non-hydrogen) atoms. The van der Waals surface area contributed by atoms with Crippen LogP contribution in [0.5, 0.6) is 0 Å². The van der Waals surface area contributed by atoms with Crippen LogP contribution in [-0.4, -0.2) is 28.2 Å². The predicted molar refractivity (Wildman–Crippen MR) is 108 cm³/mol. The zero-order valence-electron chi connectivity index (χ0n) is 16.6. The molecular weight excluding hydrogens is 350 g/mol. The number of Topliss-reactive ketones (excluding diaryl/α,β-unsaturated/α-hetero) is 1. The fourth-order valence-corrected chi connectivity index (χ4v) is 4.90. The van der Waals surface area contributed by atoms with Crippen molar-refractivity contribution >= 4 is 17.4 Å². The quantitative estimate of drug-likeness (QED) is 0.746. The molecule has 2 aliphatic rings. The summed E-state index contributed by atoms with van der Waals surface area (Å²) in [6.07, 6.45) is 8.68. The first-order chi connectivity index (χ1) is 13.5. The molecule has 2 aromatic heterocycles.